The maximum absolute atomic E-state index is 12.3. The summed E-state index contributed by atoms with van der Waals surface area (Å²) in [6, 6.07) is 7.89. The molecule has 1 aromatic rings. The third kappa shape index (κ3) is 2.00. The summed E-state index contributed by atoms with van der Waals surface area (Å²) in [5.74, 6) is 0.0289. The van der Waals surface area contributed by atoms with Gasteiger partial charge in [-0.2, -0.15) is 0 Å². The number of amides is 1. The Morgan fingerprint density at radius 3 is 2.79 bits per heavy atom. The molecule has 1 heterocycles. The number of aliphatic hydroxyl groups is 1. The highest BCUT2D eigenvalue weighted by Gasteiger charge is 2.48. The van der Waals surface area contributed by atoms with Crippen LogP contribution in [0.2, 0.25) is 0 Å². The smallest absolute Gasteiger partial charge is 0.243 e. The molecule has 3 atom stereocenters. The van der Waals surface area contributed by atoms with Crippen LogP contribution in [0.1, 0.15) is 25.8 Å². The summed E-state index contributed by atoms with van der Waals surface area (Å²) in [6.45, 7) is 3.98. The van der Waals surface area contributed by atoms with Gasteiger partial charge in [-0.3, -0.25) is 4.79 Å². The molecule has 1 aromatic carbocycles. The zero-order valence-electron chi connectivity index (χ0n) is 11.3. The predicted octanol–water partition coefficient (Wildman–Crippen LogP) is 1.30. The minimum Gasteiger partial charge on any atom is -0.392 e. The Balaban J connectivity index is 1.62. The van der Waals surface area contributed by atoms with Gasteiger partial charge in [0.2, 0.25) is 5.91 Å². The highest BCUT2D eigenvalue weighted by molar-refractivity contribution is 5.87. The fourth-order valence-electron chi connectivity index (χ4n) is 2.88. The molecule has 4 heteroatoms. The third-order valence-electron chi connectivity index (χ3n) is 4.62. The largest absolute Gasteiger partial charge is 0.392 e. The molecular weight excluding hydrogens is 240 g/mol. The number of hydrogen-bond donors (Lipinski definition) is 3. The van der Waals surface area contributed by atoms with Crippen LogP contribution in [0.15, 0.2) is 24.3 Å². The molecular formula is C15H20N2O2. The molecule has 2 aliphatic rings. The maximum atomic E-state index is 12.3. The van der Waals surface area contributed by atoms with Gasteiger partial charge in [-0.25, -0.2) is 0 Å². The summed E-state index contributed by atoms with van der Waals surface area (Å²) in [5.41, 5.74) is 2.02. The van der Waals surface area contributed by atoms with Crippen molar-refractivity contribution in [2.75, 3.05) is 5.32 Å². The van der Waals surface area contributed by atoms with Crippen molar-refractivity contribution in [2.45, 2.75) is 44.9 Å². The topological polar surface area (TPSA) is 61.4 Å². The van der Waals surface area contributed by atoms with E-state index in [0.29, 0.717) is 6.42 Å². The van der Waals surface area contributed by atoms with E-state index in [1.54, 1.807) is 0 Å². The van der Waals surface area contributed by atoms with E-state index in [0.717, 1.165) is 12.1 Å². The van der Waals surface area contributed by atoms with E-state index in [2.05, 4.69) is 10.6 Å². The minimum atomic E-state index is -0.313. The molecule has 4 nitrogen and oxygen atoms in total. The lowest BCUT2D eigenvalue weighted by molar-refractivity contribution is -0.129. The lowest BCUT2D eigenvalue weighted by atomic mass is 9.64. The first-order valence-corrected chi connectivity index (χ1v) is 6.81. The Hall–Kier alpha value is -1.55. The van der Waals surface area contributed by atoms with E-state index in [-0.39, 0.29) is 29.5 Å². The number of fused-ring (bicyclic) bond motifs is 1. The molecule has 1 saturated carbocycles. The number of hydrogen-bond acceptors (Lipinski definition) is 3. The molecule has 1 aliphatic carbocycles. The number of aliphatic hydroxyl groups excluding tert-OH is 1. The average Bonchev–Trinajstić information content (AvgIpc) is 2.82. The number of carbonyl (C=O) groups is 1. The monoisotopic (exact) mass is 260 g/mol. The lowest BCUT2D eigenvalue weighted by Crippen LogP contribution is -2.62. The average molecular weight is 260 g/mol. The second-order valence-corrected chi connectivity index (χ2v) is 6.19. The van der Waals surface area contributed by atoms with E-state index in [4.69, 9.17) is 0 Å². The number of para-hydroxylation sites is 1. The Bertz CT molecular complexity index is 488. The van der Waals surface area contributed by atoms with Gasteiger partial charge in [0.25, 0.3) is 0 Å². The zero-order valence-corrected chi connectivity index (χ0v) is 11.3. The number of carbonyl (C=O) groups excluding carboxylic acids is 1. The first kappa shape index (κ1) is 12.5. The van der Waals surface area contributed by atoms with Crippen LogP contribution in [0.5, 0.6) is 0 Å². The predicted molar refractivity (Wildman–Crippen MR) is 73.9 cm³/mol. The summed E-state index contributed by atoms with van der Waals surface area (Å²) in [6.07, 6.45) is 1.07. The molecule has 3 N–H and O–H groups in total. The molecule has 1 amide bonds. The Kier molecular flexibility index (Phi) is 2.78. The number of nitrogens with one attached hydrogen (secondary N) is 2. The maximum Gasteiger partial charge on any atom is 0.243 e. The second-order valence-electron chi connectivity index (χ2n) is 6.19. The van der Waals surface area contributed by atoms with Crippen LogP contribution < -0.4 is 10.6 Å². The number of rotatable bonds is 2. The van der Waals surface area contributed by atoms with Gasteiger partial charge >= 0.3 is 0 Å². The summed E-state index contributed by atoms with van der Waals surface area (Å²) < 4.78 is 0. The third-order valence-corrected chi connectivity index (χ3v) is 4.62. The van der Waals surface area contributed by atoms with E-state index in [9.17, 15) is 9.90 Å². The van der Waals surface area contributed by atoms with Gasteiger partial charge in [0.1, 0.15) is 6.04 Å². The van der Waals surface area contributed by atoms with Crippen molar-refractivity contribution >= 4 is 11.6 Å². The van der Waals surface area contributed by atoms with Crippen LogP contribution >= 0.6 is 0 Å². The van der Waals surface area contributed by atoms with Crippen LogP contribution in [0.25, 0.3) is 0 Å². The van der Waals surface area contributed by atoms with Crippen molar-refractivity contribution in [3.63, 3.8) is 0 Å². The van der Waals surface area contributed by atoms with Gasteiger partial charge < -0.3 is 15.7 Å². The number of benzene rings is 1. The highest BCUT2D eigenvalue weighted by Crippen LogP contribution is 2.40. The molecule has 0 saturated heterocycles. The van der Waals surface area contributed by atoms with E-state index in [1.165, 1.54) is 5.56 Å². The fourth-order valence-corrected chi connectivity index (χ4v) is 2.88. The van der Waals surface area contributed by atoms with Gasteiger partial charge in [-0.05, 0) is 18.1 Å². The summed E-state index contributed by atoms with van der Waals surface area (Å²) in [4.78, 5) is 12.3. The SMILES string of the molecule is CC1(C)C(O)CC1NC(=O)[C@@H]1Cc2ccccc2N1. The van der Waals surface area contributed by atoms with Crippen LogP contribution in [0, 0.1) is 5.41 Å². The summed E-state index contributed by atoms with van der Waals surface area (Å²) in [7, 11) is 0. The molecule has 3 rings (SSSR count). The van der Waals surface area contributed by atoms with Crippen molar-refractivity contribution in [3.8, 4) is 0 Å². The van der Waals surface area contributed by atoms with Gasteiger partial charge in [0.05, 0.1) is 6.10 Å². The minimum absolute atomic E-state index is 0.0289. The molecule has 1 fully saturated rings. The molecule has 2 unspecified atom stereocenters. The highest BCUT2D eigenvalue weighted by atomic mass is 16.3. The van der Waals surface area contributed by atoms with Gasteiger partial charge in [0.15, 0.2) is 0 Å². The molecule has 1 aliphatic heterocycles. The van der Waals surface area contributed by atoms with Crippen LogP contribution in [-0.4, -0.2) is 29.2 Å². The Morgan fingerprint density at radius 2 is 2.16 bits per heavy atom. The molecule has 0 spiro atoms. The molecule has 19 heavy (non-hydrogen) atoms. The van der Waals surface area contributed by atoms with Gasteiger partial charge in [-0.1, -0.05) is 32.0 Å². The second kappa shape index (κ2) is 4.23. The zero-order chi connectivity index (χ0) is 13.6. The first-order valence-electron chi connectivity index (χ1n) is 6.81. The van der Waals surface area contributed by atoms with Crippen molar-refractivity contribution in [3.05, 3.63) is 29.8 Å². The van der Waals surface area contributed by atoms with Crippen molar-refractivity contribution in [2.24, 2.45) is 5.41 Å². The lowest BCUT2D eigenvalue weighted by Gasteiger charge is -2.49. The fraction of sp³-hybridized carbons (Fsp3) is 0.533. The molecule has 0 radical (unpaired) electrons. The van der Waals surface area contributed by atoms with Crippen LogP contribution in [-0.2, 0) is 11.2 Å². The van der Waals surface area contributed by atoms with Gasteiger partial charge in [-0.15, -0.1) is 0 Å². The first-order chi connectivity index (χ1) is 8.98. The van der Waals surface area contributed by atoms with Crippen LogP contribution in [0.4, 0.5) is 5.69 Å². The Morgan fingerprint density at radius 1 is 1.42 bits per heavy atom. The van der Waals surface area contributed by atoms with Crippen molar-refractivity contribution < 1.29 is 9.90 Å². The molecule has 102 valence electrons. The molecule has 0 aromatic heterocycles. The summed E-state index contributed by atoms with van der Waals surface area (Å²) in [5, 5.41) is 16.0. The quantitative estimate of drug-likeness (QED) is 0.751. The standard InChI is InChI=1S/C15H20N2O2/c1-15(2)12(8-13(15)18)17-14(19)11-7-9-5-3-4-6-10(9)16-11/h3-6,11-13,16,18H,7-8H2,1-2H3,(H,17,19)/t11-,12?,13?/m0/s1. The van der Waals surface area contributed by atoms with E-state index in [1.807, 2.05) is 38.1 Å². The van der Waals surface area contributed by atoms with Crippen molar-refractivity contribution in [1.29, 1.82) is 0 Å². The Labute approximate surface area is 113 Å². The summed E-state index contributed by atoms with van der Waals surface area (Å²) >= 11 is 0. The molecule has 0 bridgehead atoms. The number of anilines is 1. The van der Waals surface area contributed by atoms with Crippen LogP contribution in [0.3, 0.4) is 0 Å². The van der Waals surface area contributed by atoms with E-state index < -0.39 is 0 Å². The van der Waals surface area contributed by atoms with Gasteiger partial charge in [0, 0.05) is 23.6 Å². The normalized spacial score (nSPS) is 31.0. The van der Waals surface area contributed by atoms with E-state index >= 15 is 0 Å². The van der Waals surface area contributed by atoms with Crippen molar-refractivity contribution in [1.82, 2.24) is 5.32 Å².